The van der Waals surface area contributed by atoms with Crippen LogP contribution < -0.4 is 0 Å². The van der Waals surface area contributed by atoms with Gasteiger partial charge in [0.15, 0.2) is 0 Å². The molecule has 0 saturated heterocycles. The van der Waals surface area contributed by atoms with Crippen LogP contribution in [0.4, 0.5) is 0 Å². The topological polar surface area (TPSA) is 52.6 Å². The van der Waals surface area contributed by atoms with Gasteiger partial charge in [-0.05, 0) is 38.0 Å². The van der Waals surface area contributed by atoms with E-state index in [2.05, 4.69) is 0 Å². The molecule has 0 aromatic rings. The highest BCUT2D eigenvalue weighted by atomic mass is 16.5. The van der Waals surface area contributed by atoms with E-state index in [9.17, 15) is 9.59 Å². The SMILES string of the molecule is CCCOC(=O)C(CCC)=C(C(=O)OCCC)C1CCCC1. The summed E-state index contributed by atoms with van der Waals surface area (Å²) >= 11 is 0. The van der Waals surface area contributed by atoms with Crippen LogP contribution in [0.25, 0.3) is 0 Å². The van der Waals surface area contributed by atoms with Crippen molar-refractivity contribution < 1.29 is 19.1 Å². The van der Waals surface area contributed by atoms with Gasteiger partial charge in [0.2, 0.25) is 0 Å². The Kier molecular flexibility index (Phi) is 8.86. The Morgan fingerprint density at radius 1 is 0.864 bits per heavy atom. The van der Waals surface area contributed by atoms with Gasteiger partial charge >= 0.3 is 11.9 Å². The second-order valence-corrected chi connectivity index (χ2v) is 5.90. The third kappa shape index (κ3) is 5.47. The van der Waals surface area contributed by atoms with E-state index in [1.807, 2.05) is 20.8 Å². The molecule has 0 bridgehead atoms. The molecular weight excluding hydrogens is 280 g/mol. The second kappa shape index (κ2) is 10.4. The van der Waals surface area contributed by atoms with Gasteiger partial charge in [-0.2, -0.15) is 0 Å². The summed E-state index contributed by atoms with van der Waals surface area (Å²) in [5.74, 6) is -0.496. The fraction of sp³-hybridized carbons (Fsp3) is 0.778. The molecule has 0 N–H and O–H groups in total. The van der Waals surface area contributed by atoms with Gasteiger partial charge in [-0.3, -0.25) is 0 Å². The lowest BCUT2D eigenvalue weighted by Crippen LogP contribution is -2.22. The number of rotatable bonds is 9. The van der Waals surface area contributed by atoms with Gasteiger partial charge in [-0.25, -0.2) is 9.59 Å². The number of esters is 2. The Hall–Kier alpha value is -1.32. The summed E-state index contributed by atoms with van der Waals surface area (Å²) < 4.78 is 10.6. The van der Waals surface area contributed by atoms with E-state index >= 15 is 0 Å². The molecule has 0 aromatic heterocycles. The first kappa shape index (κ1) is 18.7. The highest BCUT2D eigenvalue weighted by Gasteiger charge is 2.31. The van der Waals surface area contributed by atoms with Gasteiger partial charge in [0.25, 0.3) is 0 Å². The predicted molar refractivity (Wildman–Crippen MR) is 86.4 cm³/mol. The molecule has 0 unspecified atom stereocenters. The van der Waals surface area contributed by atoms with Crippen molar-refractivity contribution in [1.29, 1.82) is 0 Å². The summed E-state index contributed by atoms with van der Waals surface area (Å²) in [6, 6.07) is 0. The molecule has 0 amide bonds. The van der Waals surface area contributed by atoms with Crippen LogP contribution >= 0.6 is 0 Å². The first-order valence-corrected chi connectivity index (χ1v) is 8.72. The van der Waals surface area contributed by atoms with Crippen LogP contribution in [0.3, 0.4) is 0 Å². The zero-order valence-corrected chi connectivity index (χ0v) is 14.3. The lowest BCUT2D eigenvalue weighted by Gasteiger charge is -2.18. The quantitative estimate of drug-likeness (QED) is 0.473. The first-order chi connectivity index (χ1) is 10.7. The number of hydrogen-bond donors (Lipinski definition) is 0. The smallest absolute Gasteiger partial charge is 0.334 e. The van der Waals surface area contributed by atoms with Crippen LogP contribution in [-0.4, -0.2) is 25.2 Å². The molecule has 1 aliphatic rings. The molecule has 1 saturated carbocycles. The number of ether oxygens (including phenoxy) is 2. The minimum absolute atomic E-state index is 0.153. The van der Waals surface area contributed by atoms with Gasteiger partial charge < -0.3 is 9.47 Å². The van der Waals surface area contributed by atoms with E-state index in [4.69, 9.17) is 9.47 Å². The highest BCUT2D eigenvalue weighted by molar-refractivity contribution is 6.00. The average Bonchev–Trinajstić information content (AvgIpc) is 3.04. The standard InChI is InChI=1S/C18H30O4/c1-4-9-15(17(19)21-12-5-2)16(14-10-7-8-11-14)18(20)22-13-6-3/h14H,4-13H2,1-3H3. The normalized spacial score (nSPS) is 16.3. The average molecular weight is 310 g/mol. The fourth-order valence-corrected chi connectivity index (χ4v) is 2.90. The molecule has 0 aliphatic heterocycles. The fourth-order valence-electron chi connectivity index (χ4n) is 2.90. The van der Waals surface area contributed by atoms with Crippen LogP contribution in [0.2, 0.25) is 0 Å². The van der Waals surface area contributed by atoms with Crippen molar-refractivity contribution in [3.05, 3.63) is 11.1 Å². The maximum Gasteiger partial charge on any atom is 0.334 e. The molecule has 4 nitrogen and oxygen atoms in total. The summed E-state index contributed by atoms with van der Waals surface area (Å²) in [6.07, 6.45) is 7.10. The molecule has 1 aliphatic carbocycles. The van der Waals surface area contributed by atoms with Crippen LogP contribution in [0, 0.1) is 5.92 Å². The number of carbonyl (C=O) groups excluding carboxylic acids is 2. The van der Waals surface area contributed by atoms with Gasteiger partial charge in [0.05, 0.1) is 18.8 Å². The molecule has 1 rings (SSSR count). The van der Waals surface area contributed by atoms with Crippen molar-refractivity contribution in [2.75, 3.05) is 13.2 Å². The van der Waals surface area contributed by atoms with Crippen molar-refractivity contribution in [3.63, 3.8) is 0 Å². The van der Waals surface area contributed by atoms with E-state index in [1.54, 1.807) is 0 Å². The number of carbonyl (C=O) groups is 2. The lowest BCUT2D eigenvalue weighted by molar-refractivity contribution is -0.143. The van der Waals surface area contributed by atoms with Crippen LogP contribution in [0.15, 0.2) is 11.1 Å². The Bertz CT molecular complexity index is 392. The molecule has 0 radical (unpaired) electrons. The minimum atomic E-state index is -0.334. The second-order valence-electron chi connectivity index (χ2n) is 5.90. The van der Waals surface area contributed by atoms with E-state index in [-0.39, 0.29) is 17.9 Å². The summed E-state index contributed by atoms with van der Waals surface area (Å²) in [6.45, 7) is 6.74. The molecule has 1 fully saturated rings. The third-order valence-electron chi connectivity index (χ3n) is 3.93. The van der Waals surface area contributed by atoms with Gasteiger partial charge in [-0.1, -0.05) is 40.0 Å². The molecule has 0 heterocycles. The molecule has 4 heteroatoms. The molecule has 0 spiro atoms. The largest absolute Gasteiger partial charge is 0.462 e. The van der Waals surface area contributed by atoms with Gasteiger partial charge in [0, 0.05) is 5.57 Å². The van der Waals surface area contributed by atoms with E-state index in [1.165, 1.54) is 0 Å². The van der Waals surface area contributed by atoms with E-state index in [0.29, 0.717) is 30.8 Å². The number of hydrogen-bond acceptors (Lipinski definition) is 4. The Labute approximate surface area is 134 Å². The zero-order valence-electron chi connectivity index (χ0n) is 14.3. The maximum atomic E-state index is 12.5. The Balaban J connectivity index is 3.07. The first-order valence-electron chi connectivity index (χ1n) is 8.72. The monoisotopic (exact) mass is 310 g/mol. The Morgan fingerprint density at radius 2 is 1.41 bits per heavy atom. The van der Waals surface area contributed by atoms with Crippen LogP contribution in [0.5, 0.6) is 0 Å². The molecule has 0 aromatic carbocycles. The highest BCUT2D eigenvalue weighted by Crippen LogP contribution is 2.35. The lowest BCUT2D eigenvalue weighted by atomic mass is 9.90. The minimum Gasteiger partial charge on any atom is -0.462 e. The van der Waals surface area contributed by atoms with Gasteiger partial charge in [0.1, 0.15) is 0 Å². The van der Waals surface area contributed by atoms with Crippen molar-refractivity contribution in [3.8, 4) is 0 Å². The summed E-state index contributed by atoms with van der Waals surface area (Å²) in [5, 5.41) is 0. The molecule has 22 heavy (non-hydrogen) atoms. The zero-order chi connectivity index (χ0) is 16.4. The van der Waals surface area contributed by atoms with Gasteiger partial charge in [-0.15, -0.1) is 0 Å². The van der Waals surface area contributed by atoms with Crippen LogP contribution in [-0.2, 0) is 19.1 Å². The predicted octanol–water partition coefficient (Wildman–Crippen LogP) is 4.18. The van der Waals surface area contributed by atoms with Crippen molar-refractivity contribution in [2.24, 2.45) is 5.92 Å². The maximum absolute atomic E-state index is 12.5. The molecular formula is C18H30O4. The summed E-state index contributed by atoms with van der Waals surface area (Å²) in [7, 11) is 0. The van der Waals surface area contributed by atoms with E-state index < -0.39 is 0 Å². The summed E-state index contributed by atoms with van der Waals surface area (Å²) in [4.78, 5) is 24.9. The van der Waals surface area contributed by atoms with Crippen molar-refractivity contribution in [2.45, 2.75) is 72.1 Å². The molecule has 126 valence electrons. The van der Waals surface area contributed by atoms with E-state index in [0.717, 1.165) is 44.9 Å². The van der Waals surface area contributed by atoms with Crippen LogP contribution in [0.1, 0.15) is 72.1 Å². The van der Waals surface area contributed by atoms with Crippen molar-refractivity contribution >= 4 is 11.9 Å². The Morgan fingerprint density at radius 3 is 1.91 bits per heavy atom. The summed E-state index contributed by atoms with van der Waals surface area (Å²) in [5.41, 5.74) is 1.14. The van der Waals surface area contributed by atoms with Crippen molar-refractivity contribution in [1.82, 2.24) is 0 Å². The third-order valence-corrected chi connectivity index (χ3v) is 3.93. The molecule has 0 atom stereocenters.